The van der Waals surface area contributed by atoms with Crippen LogP contribution in [0, 0.1) is 5.92 Å². The van der Waals surface area contributed by atoms with E-state index in [-0.39, 0.29) is 53.1 Å². The summed E-state index contributed by atoms with van der Waals surface area (Å²) < 4.78 is 39.3. The zero-order valence-electron chi connectivity index (χ0n) is 23.3. The average Bonchev–Trinajstić information content (AvgIpc) is 3.40. The molecule has 0 amide bonds. The van der Waals surface area contributed by atoms with Crippen LogP contribution in [-0.4, -0.2) is 109 Å². The number of aromatic hydroxyl groups is 1. The molecule has 0 aliphatic carbocycles. The normalized spacial score (nSPS) is 29.7. The highest BCUT2D eigenvalue weighted by Crippen LogP contribution is 2.46. The van der Waals surface area contributed by atoms with Crippen molar-refractivity contribution in [3.63, 3.8) is 0 Å². The van der Waals surface area contributed by atoms with Crippen molar-refractivity contribution in [2.24, 2.45) is 5.92 Å². The Morgan fingerprint density at radius 1 is 0.732 bits per heavy atom. The lowest BCUT2D eigenvalue weighted by atomic mass is 9.93. The van der Waals surface area contributed by atoms with Gasteiger partial charge in [-0.2, -0.15) is 0 Å². The molecule has 2 aliphatic rings. The standard InChI is InChI=1S/C28H38O13/c1-35-18-8-14(9-19(36-2)23(18)31)17-10-15(11-29)16(39-17)5-13-6-20(37-3)27(21(7-13)38-4)41-28-26(34)25(33)24(32)22(12-30)40-28/h6-9,15-17,22,24-26,28-34H,5,10-12H2,1-4H3/t15-,16+,17-,22+,24+,25-,26+,28-/m0/s1. The molecule has 4 rings (SSSR count). The fourth-order valence-electron chi connectivity index (χ4n) is 5.21. The number of hydrogen-bond acceptors (Lipinski definition) is 13. The van der Waals surface area contributed by atoms with Crippen LogP contribution in [0.1, 0.15) is 23.7 Å². The Bertz CT molecular complexity index is 1120. The largest absolute Gasteiger partial charge is 0.502 e. The topological polar surface area (TPSA) is 186 Å². The second-order valence-electron chi connectivity index (χ2n) is 9.96. The van der Waals surface area contributed by atoms with Gasteiger partial charge in [-0.3, -0.25) is 0 Å². The zero-order chi connectivity index (χ0) is 29.8. The van der Waals surface area contributed by atoms with Crippen LogP contribution in [0.3, 0.4) is 0 Å². The van der Waals surface area contributed by atoms with E-state index >= 15 is 0 Å². The molecule has 0 radical (unpaired) electrons. The Morgan fingerprint density at radius 3 is 1.83 bits per heavy atom. The number of aliphatic hydroxyl groups is 5. The van der Waals surface area contributed by atoms with E-state index in [0.29, 0.717) is 12.8 Å². The van der Waals surface area contributed by atoms with Crippen LogP contribution < -0.4 is 23.7 Å². The number of phenolic OH excluding ortho intramolecular Hbond substituents is 1. The number of hydrogen-bond donors (Lipinski definition) is 6. The second kappa shape index (κ2) is 13.3. The summed E-state index contributed by atoms with van der Waals surface area (Å²) in [6.07, 6.45) is -7.22. The van der Waals surface area contributed by atoms with E-state index in [4.69, 9.17) is 33.2 Å². The summed E-state index contributed by atoms with van der Waals surface area (Å²) in [4.78, 5) is 0. The van der Waals surface area contributed by atoms with Gasteiger partial charge in [0, 0.05) is 12.5 Å². The molecule has 228 valence electrons. The van der Waals surface area contributed by atoms with E-state index in [9.17, 15) is 30.6 Å². The Morgan fingerprint density at radius 2 is 1.32 bits per heavy atom. The van der Waals surface area contributed by atoms with Gasteiger partial charge in [-0.15, -0.1) is 0 Å². The molecule has 41 heavy (non-hydrogen) atoms. The van der Waals surface area contributed by atoms with E-state index in [0.717, 1.165) is 11.1 Å². The number of ether oxygens (including phenoxy) is 7. The summed E-state index contributed by atoms with van der Waals surface area (Å²) in [6.45, 7) is -0.712. The van der Waals surface area contributed by atoms with Crippen LogP contribution in [0.25, 0.3) is 0 Å². The highest BCUT2D eigenvalue weighted by atomic mass is 16.7. The van der Waals surface area contributed by atoms with E-state index in [1.165, 1.54) is 28.4 Å². The Kier molecular flexibility index (Phi) is 10.0. The molecule has 0 aromatic heterocycles. The lowest BCUT2D eigenvalue weighted by Gasteiger charge is -2.39. The van der Waals surface area contributed by atoms with Crippen LogP contribution in [0.4, 0.5) is 0 Å². The van der Waals surface area contributed by atoms with Crippen molar-refractivity contribution in [1.29, 1.82) is 0 Å². The maximum absolute atomic E-state index is 10.4. The minimum Gasteiger partial charge on any atom is -0.502 e. The molecule has 2 aromatic carbocycles. The van der Waals surface area contributed by atoms with Crippen molar-refractivity contribution in [3.05, 3.63) is 35.4 Å². The van der Waals surface area contributed by atoms with Gasteiger partial charge in [0.25, 0.3) is 0 Å². The molecule has 2 saturated heterocycles. The third-order valence-corrected chi connectivity index (χ3v) is 7.53. The van der Waals surface area contributed by atoms with Gasteiger partial charge in [0.15, 0.2) is 23.0 Å². The molecule has 8 atom stereocenters. The Labute approximate surface area is 237 Å². The summed E-state index contributed by atoms with van der Waals surface area (Å²) in [6, 6.07) is 6.74. The number of methoxy groups -OCH3 is 4. The summed E-state index contributed by atoms with van der Waals surface area (Å²) in [5, 5.41) is 60.5. The van der Waals surface area contributed by atoms with Crippen molar-refractivity contribution in [2.75, 3.05) is 41.7 Å². The minimum absolute atomic E-state index is 0.0790. The quantitative estimate of drug-likeness (QED) is 0.212. The number of rotatable bonds is 11. The Balaban J connectivity index is 1.56. The molecule has 0 spiro atoms. The molecule has 6 N–H and O–H groups in total. The molecule has 0 saturated carbocycles. The summed E-state index contributed by atoms with van der Waals surface area (Å²) in [7, 11) is 5.73. The molecule has 2 aromatic rings. The minimum atomic E-state index is -1.62. The molecule has 0 unspecified atom stereocenters. The molecule has 0 bridgehead atoms. The summed E-state index contributed by atoms with van der Waals surface area (Å²) >= 11 is 0. The average molecular weight is 583 g/mol. The predicted octanol–water partition coefficient (Wildman–Crippen LogP) is 0.286. The Hall–Kier alpha value is -3.04. The van der Waals surface area contributed by atoms with Crippen LogP contribution in [0.5, 0.6) is 34.5 Å². The van der Waals surface area contributed by atoms with Gasteiger partial charge in [-0.1, -0.05) is 0 Å². The molecule has 13 heteroatoms. The van der Waals surface area contributed by atoms with Crippen molar-refractivity contribution in [3.8, 4) is 34.5 Å². The fraction of sp³-hybridized carbons (Fsp3) is 0.571. The number of aliphatic hydroxyl groups excluding tert-OH is 5. The number of benzene rings is 2. The van der Waals surface area contributed by atoms with E-state index in [1.54, 1.807) is 24.3 Å². The zero-order valence-corrected chi connectivity index (χ0v) is 23.3. The number of phenols is 1. The van der Waals surface area contributed by atoms with Gasteiger partial charge in [-0.05, 0) is 48.2 Å². The predicted molar refractivity (Wildman–Crippen MR) is 142 cm³/mol. The van der Waals surface area contributed by atoms with Crippen LogP contribution in [-0.2, 0) is 15.9 Å². The van der Waals surface area contributed by atoms with Crippen LogP contribution >= 0.6 is 0 Å². The van der Waals surface area contributed by atoms with Gasteiger partial charge in [0.05, 0.1) is 47.3 Å². The van der Waals surface area contributed by atoms with Gasteiger partial charge >= 0.3 is 0 Å². The van der Waals surface area contributed by atoms with Gasteiger partial charge < -0.3 is 63.8 Å². The fourth-order valence-corrected chi connectivity index (χ4v) is 5.21. The van der Waals surface area contributed by atoms with Gasteiger partial charge in [0.1, 0.15) is 24.4 Å². The highest BCUT2D eigenvalue weighted by Gasteiger charge is 2.45. The monoisotopic (exact) mass is 582 g/mol. The van der Waals surface area contributed by atoms with Gasteiger partial charge in [0.2, 0.25) is 17.8 Å². The maximum atomic E-state index is 10.4. The smallest absolute Gasteiger partial charge is 0.229 e. The first-order valence-electron chi connectivity index (χ1n) is 13.1. The van der Waals surface area contributed by atoms with Crippen LogP contribution in [0.15, 0.2) is 24.3 Å². The summed E-state index contributed by atoms with van der Waals surface area (Å²) in [5.41, 5.74) is 1.47. The first kappa shape index (κ1) is 30.9. The first-order chi connectivity index (χ1) is 19.7. The molecular weight excluding hydrogens is 544 g/mol. The second-order valence-corrected chi connectivity index (χ2v) is 9.96. The van der Waals surface area contributed by atoms with Crippen molar-refractivity contribution in [2.45, 2.75) is 55.8 Å². The van der Waals surface area contributed by atoms with Crippen molar-refractivity contribution in [1.82, 2.24) is 0 Å². The van der Waals surface area contributed by atoms with Crippen molar-refractivity contribution < 1.29 is 63.8 Å². The maximum Gasteiger partial charge on any atom is 0.229 e. The highest BCUT2D eigenvalue weighted by molar-refractivity contribution is 5.55. The van der Waals surface area contributed by atoms with Crippen LogP contribution in [0.2, 0.25) is 0 Å². The van der Waals surface area contributed by atoms with Crippen molar-refractivity contribution >= 4 is 0 Å². The van der Waals surface area contributed by atoms with Gasteiger partial charge in [-0.25, -0.2) is 0 Å². The van der Waals surface area contributed by atoms with E-state index in [2.05, 4.69) is 0 Å². The van der Waals surface area contributed by atoms with E-state index in [1.807, 2.05) is 0 Å². The lowest BCUT2D eigenvalue weighted by Crippen LogP contribution is -2.60. The third kappa shape index (κ3) is 6.26. The third-order valence-electron chi connectivity index (χ3n) is 7.53. The molecule has 2 fully saturated rings. The molecule has 2 heterocycles. The molecular formula is C28H38O13. The summed E-state index contributed by atoms with van der Waals surface area (Å²) in [5.74, 6) is 0.729. The molecule has 13 nitrogen and oxygen atoms in total. The first-order valence-corrected chi connectivity index (χ1v) is 13.1. The molecule has 2 aliphatic heterocycles. The lowest BCUT2D eigenvalue weighted by molar-refractivity contribution is -0.277. The SMILES string of the molecule is COc1cc([C@@H]2C[C@@H](CO)[C@@H](Cc3cc(OC)c(O[C@@H]4O[C@H](CO)[C@@H](O)[C@H](O)[C@H]4O)c(OC)c3)O2)cc(OC)c1O. The van der Waals surface area contributed by atoms with E-state index < -0.39 is 43.4 Å².